The lowest BCUT2D eigenvalue weighted by Gasteiger charge is -2.25. The first kappa shape index (κ1) is 30.2. The number of benzene rings is 1. The van der Waals surface area contributed by atoms with Crippen molar-refractivity contribution < 1.29 is 31.7 Å². The van der Waals surface area contributed by atoms with E-state index in [1.54, 1.807) is 19.9 Å². The summed E-state index contributed by atoms with van der Waals surface area (Å²) in [5.74, 6) is -0.750. The van der Waals surface area contributed by atoms with Gasteiger partial charge in [0.1, 0.15) is 23.2 Å². The quantitative estimate of drug-likeness (QED) is 0.225. The maximum absolute atomic E-state index is 14.5. The molecule has 41 heavy (non-hydrogen) atoms. The molecule has 1 aromatic carbocycles. The summed E-state index contributed by atoms with van der Waals surface area (Å²) in [7, 11) is -4.33. The molecule has 1 aliphatic rings. The average Bonchev–Trinajstić information content (AvgIpc) is 3.63. The number of aliphatic hydroxyl groups is 1. The van der Waals surface area contributed by atoms with E-state index in [-0.39, 0.29) is 32.8 Å². The molecule has 12 heteroatoms. The number of nitrogens with one attached hydrogen (secondary N) is 2. The highest BCUT2D eigenvalue weighted by atomic mass is 32.2. The van der Waals surface area contributed by atoms with Crippen LogP contribution in [0.5, 0.6) is 5.75 Å². The van der Waals surface area contributed by atoms with E-state index < -0.39 is 32.4 Å². The Labute approximate surface area is 244 Å². The molecule has 2 aromatic heterocycles. The van der Waals surface area contributed by atoms with Gasteiger partial charge in [-0.3, -0.25) is 4.79 Å². The van der Waals surface area contributed by atoms with Crippen molar-refractivity contribution >= 4 is 27.6 Å². The number of nitrogen functional groups attached to an aromatic ring is 1. The van der Waals surface area contributed by atoms with Gasteiger partial charge in [0.25, 0.3) is 15.9 Å². The van der Waals surface area contributed by atoms with Crippen LogP contribution in [-0.2, 0) is 10.0 Å². The third kappa shape index (κ3) is 8.14. The second-order valence-electron chi connectivity index (χ2n) is 11.7. The largest absolute Gasteiger partial charge is 0.493 e. The number of amides is 1. The Kier molecular flexibility index (Phi) is 8.55. The van der Waals surface area contributed by atoms with Gasteiger partial charge in [-0.1, -0.05) is 19.9 Å². The van der Waals surface area contributed by atoms with Crippen molar-refractivity contribution in [3.8, 4) is 17.0 Å². The Morgan fingerprint density at radius 3 is 2.56 bits per heavy atom. The van der Waals surface area contributed by atoms with Crippen LogP contribution in [0.1, 0.15) is 61.6 Å². The molecule has 2 heterocycles. The van der Waals surface area contributed by atoms with Crippen molar-refractivity contribution in [3.63, 3.8) is 0 Å². The number of halogens is 1. The number of nitrogens with two attached hydrogens (primary N) is 1. The molecule has 4 rings (SSSR count). The summed E-state index contributed by atoms with van der Waals surface area (Å²) in [6.45, 7) is 8.24. The molecule has 5 N–H and O–H groups in total. The summed E-state index contributed by atoms with van der Waals surface area (Å²) >= 11 is 0. The maximum atomic E-state index is 14.5. The third-order valence-electron chi connectivity index (χ3n) is 6.53. The lowest BCUT2D eigenvalue weighted by atomic mass is 9.91. The van der Waals surface area contributed by atoms with E-state index >= 15 is 0 Å². The van der Waals surface area contributed by atoms with Gasteiger partial charge in [-0.25, -0.2) is 19.1 Å². The number of carbonyl (C=O) groups excluding carboxylic acids is 1. The summed E-state index contributed by atoms with van der Waals surface area (Å²) in [5.41, 5.74) is 5.27. The van der Waals surface area contributed by atoms with Crippen LogP contribution in [0, 0.1) is 17.2 Å². The fourth-order valence-corrected chi connectivity index (χ4v) is 5.53. The normalized spacial score (nSPS) is 14.5. The number of sulfonamides is 1. The van der Waals surface area contributed by atoms with Crippen LogP contribution in [0.4, 0.5) is 16.0 Å². The molecule has 226 valence electrons. The molecular weight excluding hydrogens is 549 g/mol. The second kappa shape index (κ2) is 11.6. The van der Waals surface area contributed by atoms with E-state index in [4.69, 9.17) is 10.5 Å². The van der Waals surface area contributed by atoms with Gasteiger partial charge in [-0.2, -0.15) is 8.42 Å². The molecule has 0 aliphatic heterocycles. The fourth-order valence-electron chi connectivity index (χ4n) is 4.59. The van der Waals surface area contributed by atoms with Gasteiger partial charge in [-0.15, -0.1) is 0 Å². The minimum absolute atomic E-state index is 0. The first-order valence-electron chi connectivity index (χ1n) is 13.4. The summed E-state index contributed by atoms with van der Waals surface area (Å²) in [6, 6.07) is 11.3. The molecule has 0 atom stereocenters. The number of hydrogen-bond acceptors (Lipinski definition) is 9. The van der Waals surface area contributed by atoms with E-state index in [0.717, 1.165) is 12.8 Å². The van der Waals surface area contributed by atoms with Crippen LogP contribution in [0.15, 0.2) is 53.6 Å². The van der Waals surface area contributed by atoms with E-state index in [0.29, 0.717) is 36.6 Å². The fraction of sp³-hybridized carbons (Fsp3) is 0.414. The highest BCUT2D eigenvalue weighted by molar-refractivity contribution is 7.90. The van der Waals surface area contributed by atoms with Crippen LogP contribution >= 0.6 is 0 Å². The molecule has 1 saturated carbocycles. The van der Waals surface area contributed by atoms with Gasteiger partial charge in [0.15, 0.2) is 5.03 Å². The standard InChI is InChI=1S/C29H36FN5O5S.3H2/c1-18(2)15-40-21-13-19(12-20(30)14-21)23-9-8-22(26(33-23)32-17-29(10-11-29)16-28(3,4)37)27(36)35-41(38,39)25-7-5-6-24(31)34-25;;;/h5-9,12-14,18,37H,10-11,15-17H2,1-4H3,(H2,31,34)(H,32,33)(H,35,36);3*1H. The molecule has 0 radical (unpaired) electrons. The van der Waals surface area contributed by atoms with Crippen molar-refractivity contribution in [1.82, 2.24) is 14.7 Å². The number of hydrogen-bond donors (Lipinski definition) is 4. The number of rotatable bonds is 12. The molecule has 1 aliphatic carbocycles. The number of pyridine rings is 2. The van der Waals surface area contributed by atoms with E-state index in [1.165, 1.54) is 42.5 Å². The number of nitrogens with zero attached hydrogens (tertiary/aromatic N) is 2. The van der Waals surface area contributed by atoms with Crippen molar-refractivity contribution in [2.45, 2.75) is 57.6 Å². The minimum atomic E-state index is -4.33. The molecule has 10 nitrogen and oxygen atoms in total. The van der Waals surface area contributed by atoms with Gasteiger partial charge in [-0.05, 0) is 80.8 Å². The van der Waals surface area contributed by atoms with Crippen molar-refractivity contribution in [2.75, 3.05) is 24.2 Å². The molecule has 0 unspecified atom stereocenters. The van der Waals surface area contributed by atoms with Crippen LogP contribution in [0.25, 0.3) is 11.3 Å². The van der Waals surface area contributed by atoms with E-state index in [9.17, 15) is 22.7 Å². The molecular formula is C29H42FN5O5S. The van der Waals surface area contributed by atoms with Crippen molar-refractivity contribution in [1.29, 1.82) is 0 Å². The van der Waals surface area contributed by atoms with Crippen molar-refractivity contribution in [2.24, 2.45) is 11.3 Å². The highest BCUT2D eigenvalue weighted by Crippen LogP contribution is 2.51. The Morgan fingerprint density at radius 1 is 1.20 bits per heavy atom. The van der Waals surface area contributed by atoms with Crippen molar-refractivity contribution in [3.05, 3.63) is 59.9 Å². The summed E-state index contributed by atoms with van der Waals surface area (Å²) in [5, 5.41) is 13.2. The third-order valence-corrected chi connectivity index (χ3v) is 7.77. The smallest absolute Gasteiger partial charge is 0.281 e. The topological polar surface area (TPSA) is 157 Å². The van der Waals surface area contributed by atoms with Gasteiger partial charge in [0.2, 0.25) is 0 Å². The molecule has 3 aromatic rings. The lowest BCUT2D eigenvalue weighted by Crippen LogP contribution is -2.33. The zero-order valence-corrected chi connectivity index (χ0v) is 24.4. The van der Waals surface area contributed by atoms with Gasteiger partial charge in [0, 0.05) is 22.5 Å². The Balaban J connectivity index is 0.00000323. The molecule has 0 saturated heterocycles. The summed E-state index contributed by atoms with van der Waals surface area (Å²) in [6.07, 6.45) is 2.28. The van der Waals surface area contributed by atoms with E-state index in [1.807, 2.05) is 18.6 Å². The summed E-state index contributed by atoms with van der Waals surface area (Å²) in [4.78, 5) is 21.7. The second-order valence-corrected chi connectivity index (χ2v) is 13.3. The van der Waals surface area contributed by atoms with Gasteiger partial charge >= 0.3 is 0 Å². The predicted octanol–water partition coefficient (Wildman–Crippen LogP) is 5.11. The SMILES string of the molecule is CC(C)COc1cc(F)cc(-c2ccc(C(=O)NS(=O)(=O)c3cccc(N)n3)c(NCC3(CC(C)(C)O)CC3)n2)c1.[HH].[HH].[HH]. The Bertz CT molecular complexity index is 1550. The van der Waals surface area contributed by atoms with Gasteiger partial charge in [0.05, 0.1) is 23.5 Å². The number of aromatic nitrogens is 2. The van der Waals surface area contributed by atoms with Crippen LogP contribution < -0.4 is 20.5 Å². The molecule has 1 fully saturated rings. The van der Waals surface area contributed by atoms with Crippen LogP contribution in [0.2, 0.25) is 0 Å². The number of carbonyl (C=O) groups is 1. The Hall–Kier alpha value is -3.77. The molecule has 0 spiro atoms. The first-order chi connectivity index (χ1) is 19.1. The van der Waals surface area contributed by atoms with E-state index in [2.05, 4.69) is 15.3 Å². The van der Waals surface area contributed by atoms with Crippen LogP contribution in [-0.4, -0.2) is 48.2 Å². The van der Waals surface area contributed by atoms with Crippen LogP contribution in [0.3, 0.4) is 0 Å². The highest BCUT2D eigenvalue weighted by Gasteiger charge is 2.45. The lowest BCUT2D eigenvalue weighted by molar-refractivity contribution is 0.0497. The zero-order chi connectivity index (χ0) is 30.0. The minimum Gasteiger partial charge on any atom is -0.493 e. The number of ether oxygens (including phenoxy) is 1. The van der Waals surface area contributed by atoms with Gasteiger partial charge < -0.3 is 20.9 Å². The predicted molar refractivity (Wildman–Crippen MR) is 161 cm³/mol. The first-order valence-corrected chi connectivity index (χ1v) is 14.8. The molecule has 0 bridgehead atoms. The summed E-state index contributed by atoms with van der Waals surface area (Å²) < 4.78 is 48.0. The average molecular weight is 592 g/mol. The monoisotopic (exact) mass is 591 g/mol. The molecule has 1 amide bonds. The zero-order valence-electron chi connectivity index (χ0n) is 23.6. The maximum Gasteiger partial charge on any atom is 0.281 e. The number of anilines is 2. The Morgan fingerprint density at radius 2 is 1.93 bits per heavy atom.